The van der Waals surface area contributed by atoms with Crippen molar-refractivity contribution < 1.29 is 18.8 Å². The summed E-state index contributed by atoms with van der Waals surface area (Å²) < 4.78 is 11.2. The predicted octanol–water partition coefficient (Wildman–Crippen LogP) is 3.63. The number of nitrogens with zero attached hydrogens (tertiary/aromatic N) is 2. The zero-order valence-corrected chi connectivity index (χ0v) is 17.4. The lowest BCUT2D eigenvalue weighted by molar-refractivity contribution is -0.122. The maximum Gasteiger partial charge on any atom is 0.292 e. The van der Waals surface area contributed by atoms with Crippen LogP contribution in [0.15, 0.2) is 34.9 Å². The summed E-state index contributed by atoms with van der Waals surface area (Å²) in [5.74, 6) is 0.332. The topological polar surface area (TPSA) is 98.7 Å². The first-order chi connectivity index (χ1) is 13.8. The molecular weight excluding hydrogens is 394 g/mol. The van der Waals surface area contributed by atoms with Gasteiger partial charge in [0.15, 0.2) is 0 Å². The molecule has 29 heavy (non-hydrogen) atoms. The molecule has 0 bridgehead atoms. The molecule has 1 aliphatic rings. The summed E-state index contributed by atoms with van der Waals surface area (Å²) in [7, 11) is 0. The molecule has 1 fully saturated rings. The number of carbonyl (C=O) groups is 2. The van der Waals surface area contributed by atoms with Crippen molar-refractivity contribution in [2.24, 2.45) is 11.1 Å². The first kappa shape index (κ1) is 21.2. The Morgan fingerprint density at radius 3 is 2.83 bits per heavy atom. The highest BCUT2D eigenvalue weighted by molar-refractivity contribution is 6.30. The molecule has 2 aromatic rings. The maximum atomic E-state index is 12.9. The van der Waals surface area contributed by atoms with Gasteiger partial charge in [-0.25, -0.2) is 0 Å². The summed E-state index contributed by atoms with van der Waals surface area (Å²) in [6, 6.07) is 8.76. The lowest BCUT2D eigenvalue weighted by atomic mass is 9.77. The van der Waals surface area contributed by atoms with Crippen molar-refractivity contribution in [3.8, 4) is 5.75 Å². The van der Waals surface area contributed by atoms with Crippen molar-refractivity contribution in [3.63, 3.8) is 0 Å². The Bertz CT molecular complexity index is 882. The van der Waals surface area contributed by atoms with E-state index in [1.165, 1.54) is 0 Å². The third-order valence-corrected chi connectivity index (χ3v) is 5.40. The van der Waals surface area contributed by atoms with Gasteiger partial charge in [-0.15, -0.1) is 0 Å². The van der Waals surface area contributed by atoms with E-state index in [0.29, 0.717) is 23.9 Å². The molecule has 1 unspecified atom stereocenters. The molecule has 2 N–H and O–H groups in total. The summed E-state index contributed by atoms with van der Waals surface area (Å²) in [4.78, 5) is 26.4. The zero-order chi connectivity index (χ0) is 21.0. The van der Waals surface area contributed by atoms with E-state index >= 15 is 0 Å². The molecule has 8 heteroatoms. The molecule has 0 radical (unpaired) electrons. The summed E-state index contributed by atoms with van der Waals surface area (Å²) in [6.07, 6.45) is 1.60. The summed E-state index contributed by atoms with van der Waals surface area (Å²) >= 11 is 6.02. The second-order valence-corrected chi connectivity index (χ2v) is 8.43. The van der Waals surface area contributed by atoms with Crippen molar-refractivity contribution in [1.82, 2.24) is 10.1 Å². The normalized spacial score (nSPS) is 19.4. The van der Waals surface area contributed by atoms with Crippen molar-refractivity contribution in [2.75, 3.05) is 19.7 Å². The molecule has 1 saturated heterocycles. The molecular formula is C21H26ClN3O4. The third kappa shape index (κ3) is 5.29. The second-order valence-electron chi connectivity index (χ2n) is 7.99. The first-order valence-electron chi connectivity index (χ1n) is 9.70. The average molecular weight is 420 g/mol. The van der Waals surface area contributed by atoms with Gasteiger partial charge in [0.05, 0.1) is 12.3 Å². The number of aromatic nitrogens is 1. The number of halogens is 1. The molecule has 1 atom stereocenters. The Kier molecular flexibility index (Phi) is 6.47. The van der Waals surface area contributed by atoms with Crippen LogP contribution in [-0.2, 0) is 4.79 Å². The number of amides is 2. The van der Waals surface area contributed by atoms with Gasteiger partial charge >= 0.3 is 0 Å². The Hall–Kier alpha value is -2.54. The van der Waals surface area contributed by atoms with Crippen LogP contribution in [-0.4, -0.2) is 41.6 Å². The molecule has 0 saturated carbocycles. The standard InChI is InChI=1S/C21H26ClN3O4/c1-14(2)17-10-18(29-24-17)20(27)25-8-4-7-21(12-25,11-19(23)26)13-28-16-6-3-5-15(22)9-16/h3,5-6,9-10,14H,4,7-8,11-13H2,1-2H3,(H2,23,26). The number of piperidine rings is 1. The van der Waals surface area contributed by atoms with Gasteiger partial charge < -0.3 is 19.9 Å². The fourth-order valence-electron chi connectivity index (χ4n) is 3.67. The second kappa shape index (κ2) is 8.86. The lowest BCUT2D eigenvalue weighted by Gasteiger charge is -2.41. The SMILES string of the molecule is CC(C)c1cc(C(=O)N2CCCC(COc3cccc(Cl)c3)(CC(N)=O)C2)on1. The molecule has 7 nitrogen and oxygen atoms in total. The molecule has 1 aromatic carbocycles. The first-order valence-corrected chi connectivity index (χ1v) is 10.1. The molecule has 1 aromatic heterocycles. The molecule has 3 rings (SSSR count). The summed E-state index contributed by atoms with van der Waals surface area (Å²) in [5, 5.41) is 4.53. The van der Waals surface area contributed by atoms with E-state index in [2.05, 4.69) is 5.16 Å². The minimum absolute atomic E-state index is 0.130. The molecule has 0 spiro atoms. The van der Waals surface area contributed by atoms with Crippen LogP contribution in [0.4, 0.5) is 0 Å². The fraction of sp³-hybridized carbons (Fsp3) is 0.476. The number of likely N-dealkylation sites (tertiary alicyclic amines) is 1. The van der Waals surface area contributed by atoms with Gasteiger partial charge in [-0.1, -0.05) is 36.7 Å². The number of benzene rings is 1. The lowest BCUT2D eigenvalue weighted by Crippen LogP contribution is -2.50. The zero-order valence-electron chi connectivity index (χ0n) is 16.7. The highest BCUT2D eigenvalue weighted by Crippen LogP contribution is 2.35. The van der Waals surface area contributed by atoms with Gasteiger partial charge in [-0.05, 0) is 37.0 Å². The molecule has 156 valence electrons. The minimum Gasteiger partial charge on any atom is -0.493 e. The van der Waals surface area contributed by atoms with Gasteiger partial charge in [-0.3, -0.25) is 9.59 Å². The van der Waals surface area contributed by atoms with Crippen molar-refractivity contribution in [1.29, 1.82) is 0 Å². The van der Waals surface area contributed by atoms with E-state index in [9.17, 15) is 9.59 Å². The van der Waals surface area contributed by atoms with E-state index in [-0.39, 0.29) is 30.6 Å². The maximum absolute atomic E-state index is 12.9. The van der Waals surface area contributed by atoms with E-state index in [4.69, 9.17) is 26.6 Å². The Labute approximate surface area is 175 Å². The summed E-state index contributed by atoms with van der Waals surface area (Å²) in [6.45, 7) is 5.16. The Morgan fingerprint density at radius 1 is 1.38 bits per heavy atom. The highest BCUT2D eigenvalue weighted by Gasteiger charge is 2.40. The predicted molar refractivity (Wildman–Crippen MR) is 109 cm³/mol. The van der Waals surface area contributed by atoms with E-state index in [1.54, 1.807) is 35.2 Å². The minimum atomic E-state index is -0.567. The van der Waals surface area contributed by atoms with Crippen molar-refractivity contribution >= 4 is 23.4 Å². The van der Waals surface area contributed by atoms with Crippen LogP contribution in [0.5, 0.6) is 5.75 Å². The number of hydrogen-bond donors (Lipinski definition) is 1. The largest absolute Gasteiger partial charge is 0.493 e. The van der Waals surface area contributed by atoms with Gasteiger partial charge in [0, 0.05) is 36.0 Å². The number of carbonyl (C=O) groups excluding carboxylic acids is 2. The Balaban J connectivity index is 1.75. The summed E-state index contributed by atoms with van der Waals surface area (Å²) in [5.41, 5.74) is 5.69. The monoisotopic (exact) mass is 419 g/mol. The molecule has 1 aliphatic heterocycles. The average Bonchev–Trinajstić information content (AvgIpc) is 3.16. The fourth-order valence-corrected chi connectivity index (χ4v) is 3.86. The molecule has 2 amide bonds. The van der Waals surface area contributed by atoms with Crippen molar-refractivity contribution in [3.05, 3.63) is 46.8 Å². The quantitative estimate of drug-likeness (QED) is 0.738. The third-order valence-electron chi connectivity index (χ3n) is 5.17. The van der Waals surface area contributed by atoms with Crippen LogP contribution in [0.2, 0.25) is 5.02 Å². The van der Waals surface area contributed by atoms with Crippen LogP contribution in [0.1, 0.15) is 55.3 Å². The van der Waals surface area contributed by atoms with Crippen LogP contribution in [0.3, 0.4) is 0 Å². The van der Waals surface area contributed by atoms with Crippen LogP contribution >= 0.6 is 11.6 Å². The van der Waals surface area contributed by atoms with E-state index in [0.717, 1.165) is 18.5 Å². The molecule has 0 aliphatic carbocycles. The van der Waals surface area contributed by atoms with Gasteiger partial charge in [0.25, 0.3) is 5.91 Å². The van der Waals surface area contributed by atoms with Crippen molar-refractivity contribution in [2.45, 2.75) is 39.0 Å². The van der Waals surface area contributed by atoms with Crippen LogP contribution in [0.25, 0.3) is 0 Å². The van der Waals surface area contributed by atoms with Crippen LogP contribution in [0, 0.1) is 5.41 Å². The number of nitrogens with two attached hydrogens (primary N) is 1. The number of primary amides is 1. The smallest absolute Gasteiger partial charge is 0.292 e. The van der Waals surface area contributed by atoms with Gasteiger partial charge in [0.2, 0.25) is 11.7 Å². The Morgan fingerprint density at radius 2 is 2.17 bits per heavy atom. The molecule has 2 heterocycles. The van der Waals surface area contributed by atoms with Gasteiger partial charge in [0.1, 0.15) is 5.75 Å². The van der Waals surface area contributed by atoms with Crippen LogP contribution < -0.4 is 10.5 Å². The van der Waals surface area contributed by atoms with Gasteiger partial charge in [-0.2, -0.15) is 0 Å². The van der Waals surface area contributed by atoms with E-state index < -0.39 is 11.3 Å². The number of hydrogen-bond acceptors (Lipinski definition) is 5. The number of rotatable bonds is 7. The van der Waals surface area contributed by atoms with E-state index in [1.807, 2.05) is 13.8 Å². The highest BCUT2D eigenvalue weighted by atomic mass is 35.5. The number of ether oxygens (including phenoxy) is 1.